The number of nitrogens with one attached hydrogen (secondary N) is 1. The van der Waals surface area contributed by atoms with Crippen LogP contribution in [0.1, 0.15) is 58.2 Å². The number of hydrogen-bond acceptors (Lipinski definition) is 2. The molecular formula is C21H26N2O2. The Morgan fingerprint density at radius 1 is 0.960 bits per heavy atom. The Bertz CT molecular complexity index is 804. The molecule has 25 heavy (non-hydrogen) atoms. The van der Waals surface area contributed by atoms with E-state index in [4.69, 9.17) is 0 Å². The number of rotatable bonds is 2. The van der Waals surface area contributed by atoms with Crippen LogP contribution in [0.2, 0.25) is 0 Å². The van der Waals surface area contributed by atoms with Crippen molar-refractivity contribution in [3.05, 3.63) is 70.3 Å². The topological polar surface area (TPSA) is 49.4 Å². The van der Waals surface area contributed by atoms with Gasteiger partial charge in [-0.05, 0) is 70.9 Å². The second-order valence-corrected chi connectivity index (χ2v) is 7.37. The fraction of sp³-hybridized carbons (Fsp3) is 0.333. The average molecular weight is 338 g/mol. The Morgan fingerprint density at radius 3 is 2.20 bits per heavy atom. The lowest BCUT2D eigenvalue weighted by molar-refractivity contribution is 0.0358. The highest BCUT2D eigenvalue weighted by molar-refractivity contribution is 6.00. The summed E-state index contributed by atoms with van der Waals surface area (Å²) in [7, 11) is 0. The number of benzene rings is 2. The molecule has 4 nitrogen and oxygen atoms in total. The molecule has 0 heterocycles. The van der Waals surface area contributed by atoms with Crippen molar-refractivity contribution in [2.45, 2.75) is 47.1 Å². The van der Waals surface area contributed by atoms with Gasteiger partial charge in [0, 0.05) is 11.1 Å². The molecule has 132 valence electrons. The quantitative estimate of drug-likeness (QED) is 0.835. The van der Waals surface area contributed by atoms with E-state index in [1.165, 1.54) is 5.01 Å². The zero-order chi connectivity index (χ0) is 18.8. The van der Waals surface area contributed by atoms with Gasteiger partial charge in [0.25, 0.3) is 11.8 Å². The normalized spacial score (nSPS) is 11.1. The second-order valence-electron chi connectivity index (χ2n) is 7.37. The van der Waals surface area contributed by atoms with Crippen molar-refractivity contribution >= 4 is 11.8 Å². The Labute approximate surface area is 149 Å². The molecule has 0 aromatic heterocycles. The molecular weight excluding hydrogens is 312 g/mol. The molecule has 0 unspecified atom stereocenters. The highest BCUT2D eigenvalue weighted by atomic mass is 16.2. The number of hydrazine groups is 1. The predicted molar refractivity (Wildman–Crippen MR) is 100 cm³/mol. The van der Waals surface area contributed by atoms with Crippen LogP contribution in [0.25, 0.3) is 0 Å². The van der Waals surface area contributed by atoms with Crippen molar-refractivity contribution in [1.82, 2.24) is 10.4 Å². The van der Waals surface area contributed by atoms with Gasteiger partial charge in [-0.25, -0.2) is 5.01 Å². The summed E-state index contributed by atoms with van der Waals surface area (Å²) >= 11 is 0. The van der Waals surface area contributed by atoms with Gasteiger partial charge < -0.3 is 0 Å². The first kappa shape index (κ1) is 18.7. The lowest BCUT2D eigenvalue weighted by Gasteiger charge is -2.35. The fourth-order valence-electron chi connectivity index (χ4n) is 2.59. The highest BCUT2D eigenvalue weighted by Gasteiger charge is 2.30. The maximum Gasteiger partial charge on any atom is 0.272 e. The molecule has 0 spiro atoms. The van der Waals surface area contributed by atoms with Gasteiger partial charge in [0.1, 0.15) is 0 Å². The molecule has 2 amide bonds. The summed E-state index contributed by atoms with van der Waals surface area (Å²) in [6, 6.07) is 13.0. The van der Waals surface area contributed by atoms with Gasteiger partial charge in [-0.15, -0.1) is 0 Å². The molecule has 4 heteroatoms. The van der Waals surface area contributed by atoms with Crippen LogP contribution in [0.4, 0.5) is 0 Å². The lowest BCUT2D eigenvalue weighted by atomic mass is 10.0. The SMILES string of the molecule is Cc1cccc(C(=O)N(NC(=O)c2cccc(C)c2C)C(C)(C)C)c1. The van der Waals surface area contributed by atoms with Crippen LogP contribution in [-0.4, -0.2) is 22.4 Å². The number of amides is 2. The van der Waals surface area contributed by atoms with Gasteiger partial charge in [0.15, 0.2) is 0 Å². The van der Waals surface area contributed by atoms with E-state index in [0.29, 0.717) is 11.1 Å². The third-order valence-electron chi connectivity index (χ3n) is 4.20. The van der Waals surface area contributed by atoms with Crippen LogP contribution >= 0.6 is 0 Å². The molecule has 0 atom stereocenters. The summed E-state index contributed by atoms with van der Waals surface area (Å²) in [5.41, 5.74) is 6.33. The molecule has 2 rings (SSSR count). The molecule has 0 aliphatic rings. The lowest BCUT2D eigenvalue weighted by Crippen LogP contribution is -2.56. The minimum Gasteiger partial charge on any atom is -0.267 e. The monoisotopic (exact) mass is 338 g/mol. The fourth-order valence-corrected chi connectivity index (χ4v) is 2.59. The van der Waals surface area contributed by atoms with Crippen LogP contribution in [0.5, 0.6) is 0 Å². The summed E-state index contributed by atoms with van der Waals surface area (Å²) < 4.78 is 0. The van der Waals surface area contributed by atoms with E-state index in [-0.39, 0.29) is 11.8 Å². The van der Waals surface area contributed by atoms with Crippen LogP contribution < -0.4 is 5.43 Å². The molecule has 0 aliphatic carbocycles. The first-order valence-electron chi connectivity index (χ1n) is 8.39. The molecule has 0 saturated heterocycles. The Kier molecular flexibility index (Phi) is 5.31. The molecule has 1 N–H and O–H groups in total. The van der Waals surface area contributed by atoms with Crippen molar-refractivity contribution < 1.29 is 9.59 Å². The van der Waals surface area contributed by atoms with Crippen molar-refractivity contribution in [2.24, 2.45) is 0 Å². The number of carbonyl (C=O) groups is 2. The molecule has 0 fully saturated rings. The number of aryl methyl sites for hydroxylation is 2. The molecule has 0 saturated carbocycles. The highest BCUT2D eigenvalue weighted by Crippen LogP contribution is 2.18. The molecule has 0 bridgehead atoms. The average Bonchev–Trinajstić information content (AvgIpc) is 2.53. The van der Waals surface area contributed by atoms with Gasteiger partial charge in [0.05, 0.1) is 5.54 Å². The van der Waals surface area contributed by atoms with Crippen LogP contribution in [-0.2, 0) is 0 Å². The summed E-state index contributed by atoms with van der Waals surface area (Å²) in [6.07, 6.45) is 0. The van der Waals surface area contributed by atoms with E-state index in [9.17, 15) is 9.59 Å². The van der Waals surface area contributed by atoms with E-state index >= 15 is 0 Å². The molecule has 2 aromatic carbocycles. The van der Waals surface area contributed by atoms with Crippen LogP contribution in [0.3, 0.4) is 0 Å². The van der Waals surface area contributed by atoms with E-state index in [1.54, 1.807) is 12.1 Å². The van der Waals surface area contributed by atoms with Crippen molar-refractivity contribution in [1.29, 1.82) is 0 Å². The van der Waals surface area contributed by atoms with E-state index in [1.807, 2.05) is 71.9 Å². The van der Waals surface area contributed by atoms with Crippen LogP contribution in [0.15, 0.2) is 42.5 Å². The van der Waals surface area contributed by atoms with E-state index in [0.717, 1.165) is 16.7 Å². The molecule has 0 aliphatic heterocycles. The number of nitrogens with zero attached hydrogens (tertiary/aromatic N) is 1. The minimum absolute atomic E-state index is 0.227. The van der Waals surface area contributed by atoms with Gasteiger partial charge in [-0.2, -0.15) is 0 Å². The van der Waals surface area contributed by atoms with Crippen molar-refractivity contribution in [3.8, 4) is 0 Å². The summed E-state index contributed by atoms with van der Waals surface area (Å²) in [5.74, 6) is -0.507. The first-order valence-corrected chi connectivity index (χ1v) is 8.39. The second kappa shape index (κ2) is 7.09. The Balaban J connectivity index is 2.34. The maximum atomic E-state index is 13.0. The standard InChI is InChI=1S/C21H26N2O2/c1-14-9-7-11-17(13-14)20(25)23(21(4,5)6)22-19(24)18-12-8-10-15(2)16(18)3/h7-13H,1-6H3,(H,22,24). The van der Waals surface area contributed by atoms with Gasteiger partial charge in [-0.3, -0.25) is 15.0 Å². The summed E-state index contributed by atoms with van der Waals surface area (Å²) in [6.45, 7) is 11.5. The smallest absolute Gasteiger partial charge is 0.267 e. The predicted octanol–water partition coefficient (Wildman–Crippen LogP) is 4.20. The number of hydrogen-bond donors (Lipinski definition) is 1. The zero-order valence-electron chi connectivity index (χ0n) is 15.8. The van der Waals surface area contributed by atoms with Crippen molar-refractivity contribution in [3.63, 3.8) is 0 Å². The van der Waals surface area contributed by atoms with Gasteiger partial charge >= 0.3 is 0 Å². The summed E-state index contributed by atoms with van der Waals surface area (Å²) in [4.78, 5) is 25.7. The first-order chi connectivity index (χ1) is 11.6. The number of carbonyl (C=O) groups excluding carboxylic acids is 2. The molecule has 0 radical (unpaired) electrons. The van der Waals surface area contributed by atoms with Gasteiger partial charge in [-0.1, -0.05) is 29.8 Å². The largest absolute Gasteiger partial charge is 0.272 e. The third kappa shape index (κ3) is 4.27. The minimum atomic E-state index is -0.561. The van der Waals surface area contributed by atoms with E-state index < -0.39 is 5.54 Å². The van der Waals surface area contributed by atoms with Gasteiger partial charge in [0.2, 0.25) is 0 Å². The van der Waals surface area contributed by atoms with Crippen LogP contribution in [0, 0.1) is 20.8 Å². The zero-order valence-corrected chi connectivity index (χ0v) is 15.8. The maximum absolute atomic E-state index is 13.0. The Morgan fingerprint density at radius 2 is 1.60 bits per heavy atom. The summed E-state index contributed by atoms with van der Waals surface area (Å²) in [5, 5.41) is 1.41. The van der Waals surface area contributed by atoms with E-state index in [2.05, 4.69) is 5.43 Å². The third-order valence-corrected chi connectivity index (χ3v) is 4.20. The molecule has 2 aromatic rings. The van der Waals surface area contributed by atoms with Crippen molar-refractivity contribution in [2.75, 3.05) is 0 Å². The Hall–Kier alpha value is -2.62.